The molecule has 289 valence electrons. The van der Waals surface area contributed by atoms with Crippen LogP contribution in [-0.4, -0.2) is 9.97 Å². The van der Waals surface area contributed by atoms with Gasteiger partial charge < -0.3 is 9.97 Å². The Balaban J connectivity index is 0.000000179. The monoisotopic (exact) mass is 941 g/mol. The van der Waals surface area contributed by atoms with Crippen molar-refractivity contribution >= 4 is 43.1 Å². The Hall–Kier alpha value is -6.25. The van der Waals surface area contributed by atoms with Gasteiger partial charge in [0.1, 0.15) is 0 Å². The maximum Gasteiger partial charge on any atom is 0.0629 e. The molecule has 2 heterocycles. The van der Waals surface area contributed by atoms with Crippen molar-refractivity contribution in [3.63, 3.8) is 0 Å². The summed E-state index contributed by atoms with van der Waals surface area (Å²) in [5.74, 6) is -1.40. The fraction of sp³-hybridized carbons (Fsp3) is 0.107. The first-order chi connectivity index (χ1) is 29.9. The third kappa shape index (κ3) is 7.97. The maximum atomic E-state index is 8.49. The van der Waals surface area contributed by atoms with Gasteiger partial charge in [0.25, 0.3) is 0 Å². The van der Waals surface area contributed by atoms with E-state index in [1.165, 1.54) is 43.8 Å². The molecule has 0 saturated heterocycles. The summed E-state index contributed by atoms with van der Waals surface area (Å²) in [6.45, 7) is 7.50. The molecule has 10 rings (SSSR count). The molecule has 8 aromatic carbocycles. The molecule has 0 aliphatic heterocycles. The van der Waals surface area contributed by atoms with Gasteiger partial charge in [0, 0.05) is 35.2 Å². The molecule has 0 amide bonds. The van der Waals surface area contributed by atoms with E-state index in [4.69, 9.17) is 5.48 Å². The summed E-state index contributed by atoms with van der Waals surface area (Å²) in [5.41, 5.74) is 9.89. The molecule has 0 bridgehead atoms. The topological polar surface area (TPSA) is 25.8 Å². The zero-order valence-corrected chi connectivity index (χ0v) is 35.8. The van der Waals surface area contributed by atoms with Crippen LogP contribution in [-0.2, 0) is 20.1 Å². The number of nitrogens with zero attached hydrogens (tertiary/aromatic N) is 2. The normalized spacial score (nSPS) is 12.5. The van der Waals surface area contributed by atoms with E-state index in [-0.39, 0.29) is 32.2 Å². The zero-order chi connectivity index (χ0) is 43.2. The zero-order valence-electron chi connectivity index (χ0n) is 37.4. The van der Waals surface area contributed by atoms with Gasteiger partial charge in [-0.25, -0.2) is 0 Å². The minimum atomic E-state index is -0.709. The molecule has 0 aliphatic rings. The van der Waals surface area contributed by atoms with Crippen molar-refractivity contribution in [3.05, 3.63) is 205 Å². The molecule has 2 aromatic heterocycles. The summed E-state index contributed by atoms with van der Waals surface area (Å²) in [6.07, 6.45) is 3.50. The van der Waals surface area contributed by atoms with Crippen LogP contribution >= 0.6 is 0 Å². The van der Waals surface area contributed by atoms with Crippen molar-refractivity contribution in [1.29, 1.82) is 0 Å². The quantitative estimate of drug-likeness (QED) is 0.123. The van der Waals surface area contributed by atoms with Crippen LogP contribution in [0.25, 0.3) is 87.9 Å². The van der Waals surface area contributed by atoms with E-state index in [9.17, 15) is 0 Å². The molecule has 10 aromatic rings. The Morgan fingerprint density at radius 3 is 1.53 bits per heavy atom. The second kappa shape index (κ2) is 17.3. The molecule has 1 radical (unpaired) electrons. The largest absolute Gasteiger partial charge is 0.305 e. The molecular formula is C56H44IrN2-2. The Morgan fingerprint density at radius 1 is 0.458 bits per heavy atom. The van der Waals surface area contributed by atoms with E-state index in [1.54, 1.807) is 12.4 Å². The number of hydrogen-bond donors (Lipinski definition) is 0. The van der Waals surface area contributed by atoms with Gasteiger partial charge in [0.05, 0.1) is 2.74 Å². The maximum absolute atomic E-state index is 8.49. The van der Waals surface area contributed by atoms with Crippen LogP contribution < -0.4 is 0 Å². The molecular weight excluding hydrogens is 893 g/mol. The first-order valence-corrected chi connectivity index (χ1v) is 19.6. The summed E-state index contributed by atoms with van der Waals surface area (Å²) < 4.78 is 33.5. The van der Waals surface area contributed by atoms with Crippen molar-refractivity contribution in [3.8, 4) is 44.8 Å². The first kappa shape index (κ1) is 34.8. The van der Waals surface area contributed by atoms with Crippen molar-refractivity contribution < 1.29 is 25.6 Å². The van der Waals surface area contributed by atoms with E-state index >= 15 is 0 Å². The van der Waals surface area contributed by atoms with Crippen molar-refractivity contribution in [1.82, 2.24) is 9.97 Å². The van der Waals surface area contributed by atoms with Crippen LogP contribution in [0.3, 0.4) is 0 Å². The summed E-state index contributed by atoms with van der Waals surface area (Å²) in [5, 5.41) is 8.16. The molecule has 0 spiro atoms. The molecule has 0 aliphatic carbocycles. The Labute approximate surface area is 366 Å². The van der Waals surface area contributed by atoms with Crippen molar-refractivity contribution in [2.75, 3.05) is 0 Å². The van der Waals surface area contributed by atoms with Crippen LogP contribution in [0.15, 0.2) is 182 Å². The molecule has 0 atom stereocenters. The first-order valence-electron chi connectivity index (χ1n) is 21.6. The van der Waals surface area contributed by atoms with Crippen LogP contribution in [0, 0.1) is 12.1 Å². The summed E-state index contributed by atoms with van der Waals surface area (Å²) >= 11 is 0. The number of hydrogen-bond acceptors (Lipinski definition) is 2. The average molecular weight is 941 g/mol. The minimum absolute atomic E-state index is 0. The summed E-state index contributed by atoms with van der Waals surface area (Å²) in [6, 6.07) is 60.6. The number of fused-ring (bicyclic) bond motifs is 6. The second-order valence-electron chi connectivity index (χ2n) is 15.0. The van der Waals surface area contributed by atoms with Gasteiger partial charge in [-0.2, -0.15) is 0 Å². The molecule has 0 unspecified atom stereocenters. The van der Waals surface area contributed by atoms with Gasteiger partial charge in [-0.05, 0) is 68.3 Å². The fourth-order valence-electron chi connectivity index (χ4n) is 7.79. The standard InChI is InChI=1S/C34H26N.C22H18N.Ir/c1-23(2)26-19-20-35-32(22-26)27-17-18-29-28-15-9-10-16-30(28)33(24-11-5-3-6-12-24)34(31(29)21-27)25-13-7-4-8-14-25;1-15(2)17-11-12-23-22(14-17)19-9-10-21-18(13-19)8-7-16-5-3-4-6-20(16)21;/h3-16,18-23H,1-2H3;3-8,10-15H,1-2H3;/q2*-1;/i23D;7D,8D,15D;. The molecule has 0 N–H and O–H groups in total. The predicted molar refractivity (Wildman–Crippen MR) is 246 cm³/mol. The van der Waals surface area contributed by atoms with Gasteiger partial charge in [0.15, 0.2) is 0 Å². The fourth-order valence-corrected chi connectivity index (χ4v) is 7.79. The minimum Gasteiger partial charge on any atom is -0.305 e. The van der Waals surface area contributed by atoms with Crippen LogP contribution in [0.1, 0.15) is 56.1 Å². The van der Waals surface area contributed by atoms with Gasteiger partial charge in [-0.15, -0.1) is 52.9 Å². The van der Waals surface area contributed by atoms with Crippen LogP contribution in [0.4, 0.5) is 0 Å². The third-order valence-electron chi connectivity index (χ3n) is 10.8. The van der Waals surface area contributed by atoms with E-state index in [2.05, 4.69) is 119 Å². The van der Waals surface area contributed by atoms with Gasteiger partial charge in [0.2, 0.25) is 0 Å². The average Bonchev–Trinajstić information content (AvgIpc) is 3.30. The summed E-state index contributed by atoms with van der Waals surface area (Å²) in [4.78, 5) is 9.08. The number of aromatic nitrogens is 2. The predicted octanol–water partition coefficient (Wildman–Crippen LogP) is 15.3. The SMILES string of the molecule is [2H]C(C)(C)c1ccnc(-c2[c-]cc3c(c2)c(-c2ccccc2)c(-c2ccccc2)c2ccccc23)c1.[2H]c1c([2H])c2ccccc2c2c[c-]c(-c3cc(C([2H])(C)C)ccn3)cc12.[Ir]. The Kier molecular flexibility index (Phi) is 10.2. The summed E-state index contributed by atoms with van der Waals surface area (Å²) in [7, 11) is 0. The van der Waals surface area contributed by atoms with Crippen molar-refractivity contribution in [2.24, 2.45) is 0 Å². The van der Waals surface area contributed by atoms with E-state index in [0.29, 0.717) is 0 Å². The number of benzene rings is 8. The van der Waals surface area contributed by atoms with E-state index in [1.807, 2.05) is 88.4 Å². The van der Waals surface area contributed by atoms with Crippen molar-refractivity contribution in [2.45, 2.75) is 39.5 Å². The van der Waals surface area contributed by atoms with Crippen LogP contribution in [0.2, 0.25) is 0 Å². The Bertz CT molecular complexity index is 3280. The smallest absolute Gasteiger partial charge is 0.0629 e. The molecule has 3 heteroatoms. The van der Waals surface area contributed by atoms with E-state index in [0.717, 1.165) is 55.2 Å². The molecule has 0 fully saturated rings. The second-order valence-corrected chi connectivity index (χ2v) is 15.0. The number of pyridine rings is 2. The van der Waals surface area contributed by atoms with Gasteiger partial charge in [-0.3, -0.25) is 0 Å². The van der Waals surface area contributed by atoms with E-state index < -0.39 is 11.8 Å². The van der Waals surface area contributed by atoms with Crippen LogP contribution in [0.5, 0.6) is 0 Å². The number of rotatable bonds is 6. The van der Waals surface area contributed by atoms with Gasteiger partial charge >= 0.3 is 0 Å². The molecule has 59 heavy (non-hydrogen) atoms. The van der Waals surface area contributed by atoms with Gasteiger partial charge in [-0.1, -0.05) is 199 Å². The Morgan fingerprint density at radius 2 is 0.932 bits per heavy atom. The molecule has 2 nitrogen and oxygen atoms in total. The molecule has 0 saturated carbocycles. The third-order valence-corrected chi connectivity index (χ3v) is 10.8.